The Bertz CT molecular complexity index is 287. The lowest BCUT2D eigenvalue weighted by atomic mass is 9.87. The molecule has 3 nitrogen and oxygen atoms in total. The highest BCUT2D eigenvalue weighted by Gasteiger charge is 2.17. The highest BCUT2D eigenvalue weighted by atomic mass is 16.3. The van der Waals surface area contributed by atoms with Gasteiger partial charge in [0.25, 0.3) is 0 Å². The van der Waals surface area contributed by atoms with Gasteiger partial charge in [0.2, 0.25) is 0 Å². The average molecular weight is 194 g/mol. The maximum Gasteiger partial charge on any atom is 0.133 e. The minimum atomic E-state index is -0.0596. The molecule has 1 aromatic rings. The van der Waals surface area contributed by atoms with E-state index in [1.807, 2.05) is 0 Å². The summed E-state index contributed by atoms with van der Waals surface area (Å²) in [6.45, 7) is 6.44. The summed E-state index contributed by atoms with van der Waals surface area (Å²) in [6, 6.07) is 3.33. The van der Waals surface area contributed by atoms with Crippen LogP contribution >= 0.6 is 0 Å². The Labute approximate surface area is 85.0 Å². The fraction of sp³-hybridized carbons (Fsp3) is 0.545. The molecule has 1 heterocycles. The fourth-order valence-electron chi connectivity index (χ4n) is 1.38. The van der Waals surface area contributed by atoms with E-state index in [2.05, 4.69) is 25.8 Å². The molecule has 0 saturated carbocycles. The van der Waals surface area contributed by atoms with Crippen molar-refractivity contribution in [2.24, 2.45) is 11.1 Å². The van der Waals surface area contributed by atoms with E-state index in [4.69, 9.17) is 10.8 Å². The van der Waals surface area contributed by atoms with Crippen molar-refractivity contribution in [2.75, 3.05) is 0 Å². The summed E-state index contributed by atoms with van der Waals surface area (Å²) in [5.74, 6) is 0.178. The summed E-state index contributed by atoms with van der Waals surface area (Å²) in [5, 5.41) is 9.07. The highest BCUT2D eigenvalue weighted by Crippen LogP contribution is 2.26. The predicted octanol–water partition coefficient (Wildman–Crippen LogP) is 2.22. The van der Waals surface area contributed by atoms with Crippen molar-refractivity contribution in [3.63, 3.8) is 0 Å². The van der Waals surface area contributed by atoms with Crippen LogP contribution in [0.5, 0.6) is 5.75 Å². The number of aromatic hydroxyl groups is 1. The van der Waals surface area contributed by atoms with E-state index >= 15 is 0 Å². The zero-order chi connectivity index (χ0) is 10.8. The first-order valence-corrected chi connectivity index (χ1v) is 4.79. The fourth-order valence-corrected chi connectivity index (χ4v) is 1.38. The minimum Gasteiger partial charge on any atom is -0.506 e. The molecule has 0 unspecified atom stereocenters. The van der Waals surface area contributed by atoms with E-state index in [0.29, 0.717) is 0 Å². The first-order chi connectivity index (χ1) is 6.38. The molecule has 1 rings (SSSR count). The van der Waals surface area contributed by atoms with Crippen molar-refractivity contribution in [3.8, 4) is 5.75 Å². The van der Waals surface area contributed by atoms with E-state index in [1.165, 1.54) is 6.20 Å². The lowest BCUT2D eigenvalue weighted by Crippen LogP contribution is -2.19. The Kier molecular flexibility index (Phi) is 3.11. The Balaban J connectivity index is 2.70. The molecule has 0 fully saturated rings. The van der Waals surface area contributed by atoms with Crippen molar-refractivity contribution in [3.05, 3.63) is 24.0 Å². The average Bonchev–Trinajstić information content (AvgIpc) is 2.02. The van der Waals surface area contributed by atoms with Crippen molar-refractivity contribution in [1.82, 2.24) is 4.98 Å². The van der Waals surface area contributed by atoms with Crippen molar-refractivity contribution < 1.29 is 5.11 Å². The van der Waals surface area contributed by atoms with E-state index in [1.54, 1.807) is 12.1 Å². The molecule has 0 aliphatic heterocycles. The van der Waals surface area contributed by atoms with Crippen molar-refractivity contribution in [2.45, 2.75) is 33.2 Å². The van der Waals surface area contributed by atoms with E-state index in [9.17, 15) is 0 Å². The smallest absolute Gasteiger partial charge is 0.133 e. The van der Waals surface area contributed by atoms with E-state index in [-0.39, 0.29) is 17.2 Å². The number of aromatic nitrogens is 1. The summed E-state index contributed by atoms with van der Waals surface area (Å²) in [5.41, 5.74) is 7.01. The van der Waals surface area contributed by atoms with Crippen LogP contribution in [0.2, 0.25) is 0 Å². The number of rotatable bonds is 2. The molecule has 0 aliphatic carbocycles. The lowest BCUT2D eigenvalue weighted by molar-refractivity contribution is 0.339. The van der Waals surface area contributed by atoms with Gasteiger partial charge in [-0.2, -0.15) is 0 Å². The van der Waals surface area contributed by atoms with Gasteiger partial charge in [0, 0.05) is 6.04 Å². The quantitative estimate of drug-likeness (QED) is 0.759. The first-order valence-electron chi connectivity index (χ1n) is 4.79. The molecule has 0 radical (unpaired) electrons. The molecular weight excluding hydrogens is 176 g/mol. The molecule has 0 spiro atoms. The number of nitrogens with zero attached hydrogens (tertiary/aromatic N) is 1. The van der Waals surface area contributed by atoms with Crippen molar-refractivity contribution >= 4 is 0 Å². The summed E-state index contributed by atoms with van der Waals surface area (Å²) >= 11 is 0. The number of hydrogen-bond donors (Lipinski definition) is 2. The molecule has 78 valence electrons. The second-order valence-corrected chi connectivity index (χ2v) is 4.81. The second kappa shape index (κ2) is 3.96. The normalized spacial score (nSPS) is 14.0. The summed E-state index contributed by atoms with van der Waals surface area (Å²) in [4.78, 5) is 4.09. The SMILES string of the molecule is CC(C)(C)C[C@H](N)c1ccc(O)cn1. The topological polar surface area (TPSA) is 59.1 Å². The highest BCUT2D eigenvalue weighted by molar-refractivity contribution is 5.19. The van der Waals surface area contributed by atoms with Gasteiger partial charge in [0.05, 0.1) is 11.9 Å². The summed E-state index contributed by atoms with van der Waals surface area (Å²) in [7, 11) is 0. The van der Waals surface area contributed by atoms with E-state index < -0.39 is 0 Å². The predicted molar refractivity (Wildman–Crippen MR) is 56.9 cm³/mol. The van der Waals surface area contributed by atoms with Crippen molar-refractivity contribution in [1.29, 1.82) is 0 Å². The molecule has 1 aromatic heterocycles. The Morgan fingerprint density at radius 2 is 2.07 bits per heavy atom. The van der Waals surface area contributed by atoms with Crippen LogP contribution in [0.1, 0.15) is 38.9 Å². The third kappa shape index (κ3) is 3.34. The molecule has 0 aromatic carbocycles. The third-order valence-corrected chi connectivity index (χ3v) is 1.98. The second-order valence-electron chi connectivity index (χ2n) is 4.81. The largest absolute Gasteiger partial charge is 0.506 e. The molecule has 0 amide bonds. The molecular formula is C11H18N2O. The van der Waals surface area contributed by atoms with Gasteiger partial charge in [0.1, 0.15) is 5.75 Å². The molecule has 14 heavy (non-hydrogen) atoms. The molecule has 0 saturated heterocycles. The maximum atomic E-state index is 9.07. The number of hydrogen-bond acceptors (Lipinski definition) is 3. The van der Waals surface area contributed by atoms with Gasteiger partial charge in [-0.3, -0.25) is 4.98 Å². The zero-order valence-electron chi connectivity index (χ0n) is 8.99. The third-order valence-electron chi connectivity index (χ3n) is 1.98. The van der Waals surface area contributed by atoms with Crippen LogP contribution in [0.15, 0.2) is 18.3 Å². The number of pyridine rings is 1. The monoisotopic (exact) mass is 194 g/mol. The molecule has 1 atom stereocenters. The van der Waals surface area contributed by atoms with E-state index in [0.717, 1.165) is 12.1 Å². The molecule has 3 heteroatoms. The summed E-state index contributed by atoms with van der Waals surface area (Å²) in [6.07, 6.45) is 2.31. The van der Waals surface area contributed by atoms with Crippen LogP contribution in [0.4, 0.5) is 0 Å². The van der Waals surface area contributed by atoms with Gasteiger partial charge >= 0.3 is 0 Å². The lowest BCUT2D eigenvalue weighted by Gasteiger charge is -2.22. The van der Waals surface area contributed by atoms with Gasteiger partial charge < -0.3 is 10.8 Å². The van der Waals surface area contributed by atoms with Crippen LogP contribution in [0.25, 0.3) is 0 Å². The molecule has 3 N–H and O–H groups in total. The van der Waals surface area contributed by atoms with Crippen LogP contribution in [-0.4, -0.2) is 10.1 Å². The van der Waals surface area contributed by atoms with Crippen LogP contribution in [-0.2, 0) is 0 Å². The first kappa shape index (κ1) is 11.0. The standard InChI is InChI=1S/C11H18N2O/c1-11(2,3)6-9(12)10-5-4-8(14)7-13-10/h4-5,7,9,14H,6,12H2,1-3H3/t9-/m0/s1. The molecule has 0 bridgehead atoms. The number of nitrogens with two attached hydrogens (primary N) is 1. The van der Waals surface area contributed by atoms with Crippen LogP contribution in [0, 0.1) is 5.41 Å². The Hall–Kier alpha value is -1.09. The van der Waals surface area contributed by atoms with Gasteiger partial charge in [-0.05, 0) is 24.0 Å². The zero-order valence-corrected chi connectivity index (χ0v) is 8.99. The van der Waals surface area contributed by atoms with Crippen LogP contribution < -0.4 is 5.73 Å². The van der Waals surface area contributed by atoms with Gasteiger partial charge in [-0.25, -0.2) is 0 Å². The Morgan fingerprint density at radius 1 is 1.43 bits per heavy atom. The minimum absolute atomic E-state index is 0.0596. The van der Waals surface area contributed by atoms with Gasteiger partial charge in [-0.1, -0.05) is 20.8 Å². The molecule has 0 aliphatic rings. The Morgan fingerprint density at radius 3 is 2.50 bits per heavy atom. The maximum absolute atomic E-state index is 9.07. The van der Waals surface area contributed by atoms with Gasteiger partial charge in [-0.15, -0.1) is 0 Å². The summed E-state index contributed by atoms with van der Waals surface area (Å²) < 4.78 is 0. The van der Waals surface area contributed by atoms with Gasteiger partial charge in [0.15, 0.2) is 0 Å². The van der Waals surface area contributed by atoms with Crippen LogP contribution in [0.3, 0.4) is 0 Å².